The molecule has 2 aromatic rings. The second kappa shape index (κ2) is 5.86. The van der Waals surface area contributed by atoms with Gasteiger partial charge in [-0.05, 0) is 13.0 Å². The number of fused-ring (bicyclic) bond motifs is 4. The van der Waals surface area contributed by atoms with Gasteiger partial charge in [-0.3, -0.25) is 9.59 Å². The second-order valence-corrected chi connectivity index (χ2v) is 6.81. The molecule has 7 heteroatoms. The maximum Gasteiger partial charge on any atom is 0.259 e. The summed E-state index contributed by atoms with van der Waals surface area (Å²) < 4.78 is 7.06. The fourth-order valence-electron chi connectivity index (χ4n) is 4.08. The topological polar surface area (TPSA) is 101 Å². The van der Waals surface area contributed by atoms with Crippen LogP contribution in [0, 0.1) is 18.3 Å². The Morgan fingerprint density at radius 2 is 2.07 bits per heavy atom. The number of para-hydroxylation sites is 1. The van der Waals surface area contributed by atoms with Crippen molar-refractivity contribution < 1.29 is 9.53 Å². The van der Waals surface area contributed by atoms with Crippen molar-refractivity contribution in [2.75, 3.05) is 11.4 Å². The van der Waals surface area contributed by atoms with E-state index in [-0.39, 0.29) is 29.3 Å². The van der Waals surface area contributed by atoms with Crippen LogP contribution in [0.15, 0.2) is 59.2 Å². The largest absolute Gasteiger partial charge is 0.440 e. The average Bonchev–Trinajstić information content (AvgIpc) is 2.90. The van der Waals surface area contributed by atoms with Crippen LogP contribution in [0.3, 0.4) is 0 Å². The molecule has 1 amide bonds. The van der Waals surface area contributed by atoms with E-state index in [0.29, 0.717) is 16.9 Å². The van der Waals surface area contributed by atoms with Crippen molar-refractivity contribution >= 4 is 11.6 Å². The molecular weight excluding hydrogens is 356 g/mol. The Morgan fingerprint density at radius 3 is 2.75 bits per heavy atom. The van der Waals surface area contributed by atoms with Crippen molar-refractivity contribution in [2.45, 2.75) is 12.3 Å². The summed E-state index contributed by atoms with van der Waals surface area (Å²) in [5.74, 6) is -0.398. The lowest BCUT2D eigenvalue weighted by Crippen LogP contribution is -2.49. The Balaban J connectivity index is 2.22. The van der Waals surface area contributed by atoms with Crippen LogP contribution < -0.4 is 20.9 Å². The normalized spacial score (nSPS) is 19.9. The monoisotopic (exact) mass is 374 g/mol. The number of pyridine rings is 1. The number of aromatic nitrogens is 1. The minimum Gasteiger partial charge on any atom is -0.440 e. The number of anilines is 1. The van der Waals surface area contributed by atoms with Crippen LogP contribution in [-0.4, -0.2) is 17.0 Å². The smallest absolute Gasteiger partial charge is 0.259 e. The quantitative estimate of drug-likeness (QED) is 0.805. The molecule has 0 bridgehead atoms. The summed E-state index contributed by atoms with van der Waals surface area (Å²) in [6, 6.07) is 10.8. The number of hydrogen-bond donors (Lipinski definition) is 1. The third-order valence-electron chi connectivity index (χ3n) is 5.44. The number of aryl methyl sites for hydroxylation is 1. The summed E-state index contributed by atoms with van der Waals surface area (Å²) in [6.07, 6.45) is 1.60. The van der Waals surface area contributed by atoms with E-state index in [1.54, 1.807) is 50.4 Å². The Labute approximate surface area is 161 Å². The molecule has 3 heterocycles. The molecule has 1 atom stereocenters. The number of ether oxygens (including phenoxy) is 1. The third-order valence-corrected chi connectivity index (χ3v) is 5.44. The minimum absolute atomic E-state index is 0.0787. The highest BCUT2D eigenvalue weighted by Gasteiger charge is 2.60. The van der Waals surface area contributed by atoms with E-state index >= 15 is 0 Å². The zero-order chi connectivity index (χ0) is 20.2. The van der Waals surface area contributed by atoms with Gasteiger partial charge in [-0.1, -0.05) is 24.3 Å². The van der Waals surface area contributed by atoms with Crippen molar-refractivity contribution in [1.82, 2.24) is 4.57 Å². The molecular formula is C21H18N4O3. The lowest BCUT2D eigenvalue weighted by Gasteiger charge is -2.34. The molecule has 140 valence electrons. The van der Waals surface area contributed by atoms with Gasteiger partial charge in [-0.15, -0.1) is 6.58 Å². The number of carbonyl (C=O) groups is 1. The van der Waals surface area contributed by atoms with E-state index in [9.17, 15) is 14.9 Å². The summed E-state index contributed by atoms with van der Waals surface area (Å²) in [5, 5.41) is 9.92. The Hall–Kier alpha value is -3.79. The van der Waals surface area contributed by atoms with Gasteiger partial charge in [0.1, 0.15) is 17.4 Å². The number of nitrogens with two attached hydrogens (primary N) is 1. The zero-order valence-electron chi connectivity index (χ0n) is 15.5. The second-order valence-electron chi connectivity index (χ2n) is 6.81. The van der Waals surface area contributed by atoms with Gasteiger partial charge in [0, 0.05) is 36.6 Å². The van der Waals surface area contributed by atoms with Gasteiger partial charge in [-0.2, -0.15) is 5.26 Å². The van der Waals surface area contributed by atoms with Crippen LogP contribution in [0.4, 0.5) is 5.69 Å². The van der Waals surface area contributed by atoms with E-state index in [2.05, 4.69) is 6.58 Å². The van der Waals surface area contributed by atoms with Gasteiger partial charge in [-0.25, -0.2) is 0 Å². The van der Waals surface area contributed by atoms with Crippen LogP contribution in [0.1, 0.15) is 16.8 Å². The SMILES string of the molecule is C=CCN1C(=O)C2(C(C#N)=C(N)Oc3cc(C)n(C)c(=O)c32)c2ccccc21. The maximum atomic E-state index is 13.8. The summed E-state index contributed by atoms with van der Waals surface area (Å²) in [6.45, 7) is 5.71. The standard InChI is InChI=1S/C21H18N4O3/c1-4-9-25-15-8-6-5-7-13(15)21(20(25)27)14(11-22)18(23)28-16-10-12(2)24(3)19(26)17(16)21/h4-8,10H,1,9,23H2,2-3H3. The molecule has 1 aromatic carbocycles. The Bertz CT molecular complexity index is 1190. The summed E-state index contributed by atoms with van der Waals surface area (Å²) in [5.41, 5.74) is 5.85. The Morgan fingerprint density at radius 1 is 1.36 bits per heavy atom. The minimum atomic E-state index is -1.64. The summed E-state index contributed by atoms with van der Waals surface area (Å²) >= 11 is 0. The number of carbonyl (C=O) groups excluding carboxylic acids is 1. The van der Waals surface area contributed by atoms with E-state index < -0.39 is 16.9 Å². The van der Waals surface area contributed by atoms with Gasteiger partial charge in [0.15, 0.2) is 5.41 Å². The number of hydrogen-bond acceptors (Lipinski definition) is 5. The molecule has 0 saturated carbocycles. The van der Waals surface area contributed by atoms with Crippen LogP contribution in [0.25, 0.3) is 0 Å². The van der Waals surface area contributed by atoms with Crippen LogP contribution >= 0.6 is 0 Å². The molecule has 1 spiro atoms. The molecule has 0 aliphatic carbocycles. The fourth-order valence-corrected chi connectivity index (χ4v) is 4.08. The van der Waals surface area contributed by atoms with Crippen molar-refractivity contribution in [3.8, 4) is 11.8 Å². The third kappa shape index (κ3) is 1.92. The van der Waals surface area contributed by atoms with E-state index in [0.717, 1.165) is 0 Å². The van der Waals surface area contributed by atoms with Gasteiger partial charge in [0.05, 0.1) is 5.56 Å². The molecule has 2 aliphatic rings. The molecule has 0 fully saturated rings. The lowest BCUT2D eigenvalue weighted by atomic mass is 9.69. The van der Waals surface area contributed by atoms with Crippen LogP contribution in [0.5, 0.6) is 5.75 Å². The van der Waals surface area contributed by atoms with Crippen molar-refractivity contribution in [3.05, 3.63) is 81.6 Å². The Kier molecular flexibility index (Phi) is 3.69. The van der Waals surface area contributed by atoms with Crippen molar-refractivity contribution in [1.29, 1.82) is 5.26 Å². The molecule has 1 aromatic heterocycles. The molecule has 28 heavy (non-hydrogen) atoms. The number of rotatable bonds is 2. The van der Waals surface area contributed by atoms with Gasteiger partial charge in [0.2, 0.25) is 11.8 Å². The van der Waals surface area contributed by atoms with E-state index in [4.69, 9.17) is 10.5 Å². The molecule has 0 saturated heterocycles. The van der Waals surface area contributed by atoms with Gasteiger partial charge in [0.25, 0.3) is 5.56 Å². The average molecular weight is 374 g/mol. The fraction of sp³-hybridized carbons (Fsp3) is 0.190. The van der Waals surface area contributed by atoms with Gasteiger partial charge >= 0.3 is 0 Å². The highest BCUT2D eigenvalue weighted by atomic mass is 16.5. The van der Waals surface area contributed by atoms with E-state index in [1.165, 1.54) is 9.47 Å². The molecule has 7 nitrogen and oxygen atoms in total. The van der Waals surface area contributed by atoms with Gasteiger partial charge < -0.3 is 19.9 Å². The first-order chi connectivity index (χ1) is 13.4. The zero-order valence-corrected chi connectivity index (χ0v) is 15.5. The van der Waals surface area contributed by atoms with Crippen molar-refractivity contribution in [3.63, 3.8) is 0 Å². The van der Waals surface area contributed by atoms with E-state index in [1.807, 2.05) is 6.07 Å². The molecule has 4 rings (SSSR count). The lowest BCUT2D eigenvalue weighted by molar-refractivity contribution is -0.120. The first-order valence-corrected chi connectivity index (χ1v) is 8.71. The predicted octanol–water partition coefficient (Wildman–Crippen LogP) is 1.60. The molecule has 0 radical (unpaired) electrons. The predicted molar refractivity (Wildman–Crippen MR) is 104 cm³/mol. The molecule has 2 N–H and O–H groups in total. The first kappa shape index (κ1) is 17.6. The highest BCUT2D eigenvalue weighted by molar-refractivity contribution is 6.14. The maximum absolute atomic E-state index is 13.8. The van der Waals surface area contributed by atoms with Crippen LogP contribution in [0.2, 0.25) is 0 Å². The molecule has 2 aliphatic heterocycles. The number of benzene rings is 1. The molecule has 1 unspecified atom stereocenters. The first-order valence-electron chi connectivity index (χ1n) is 8.71. The highest BCUT2D eigenvalue weighted by Crippen LogP contribution is 2.53. The number of amides is 1. The summed E-state index contributed by atoms with van der Waals surface area (Å²) in [4.78, 5) is 28.6. The number of nitrogens with zero attached hydrogens (tertiary/aromatic N) is 3. The summed E-state index contributed by atoms with van der Waals surface area (Å²) in [7, 11) is 1.62. The van der Waals surface area contributed by atoms with Crippen LogP contribution in [-0.2, 0) is 17.3 Å². The number of nitriles is 1. The van der Waals surface area contributed by atoms with Crippen molar-refractivity contribution in [2.24, 2.45) is 12.8 Å².